The van der Waals surface area contributed by atoms with E-state index in [1.54, 1.807) is 31.2 Å². The molecule has 0 unspecified atom stereocenters. The molecule has 1 N–H and O–H groups in total. The van der Waals surface area contributed by atoms with Crippen molar-refractivity contribution in [1.29, 1.82) is 0 Å². The Labute approximate surface area is 172 Å². The van der Waals surface area contributed by atoms with E-state index in [0.717, 1.165) is 17.4 Å². The number of carbonyl (C=O) groups is 1. The molecule has 0 saturated carbocycles. The van der Waals surface area contributed by atoms with Crippen molar-refractivity contribution in [3.63, 3.8) is 0 Å². The quantitative estimate of drug-likeness (QED) is 0.682. The lowest BCUT2D eigenvalue weighted by molar-refractivity contribution is -0.123. The molecule has 2 aromatic rings. The number of aryl methyl sites for hydroxylation is 1. The molecule has 0 spiro atoms. The summed E-state index contributed by atoms with van der Waals surface area (Å²) in [6, 6.07) is 13.4. The summed E-state index contributed by atoms with van der Waals surface area (Å²) in [5, 5.41) is 3.52. The Bertz CT molecular complexity index is 896. The lowest BCUT2D eigenvalue weighted by Crippen LogP contribution is -2.50. The third-order valence-electron chi connectivity index (χ3n) is 4.62. The van der Waals surface area contributed by atoms with Gasteiger partial charge in [0.05, 0.1) is 18.0 Å². The summed E-state index contributed by atoms with van der Waals surface area (Å²) in [5.74, 6) is -0.324. The number of amides is 1. The lowest BCUT2D eigenvalue weighted by atomic mass is 10.0. The monoisotopic (exact) mass is 422 g/mol. The van der Waals surface area contributed by atoms with E-state index in [1.807, 2.05) is 38.1 Å². The maximum absolute atomic E-state index is 13.1. The molecule has 0 fully saturated rings. The summed E-state index contributed by atoms with van der Waals surface area (Å²) in [4.78, 5) is 13.1. The minimum absolute atomic E-state index is 0.186. The first-order valence-electron chi connectivity index (χ1n) is 9.29. The molecular weight excluding hydrogens is 396 g/mol. The van der Waals surface area contributed by atoms with Crippen LogP contribution >= 0.6 is 11.6 Å². The zero-order valence-electron chi connectivity index (χ0n) is 16.6. The van der Waals surface area contributed by atoms with Crippen LogP contribution in [0.3, 0.4) is 0 Å². The van der Waals surface area contributed by atoms with Gasteiger partial charge in [0.25, 0.3) is 0 Å². The van der Waals surface area contributed by atoms with Crippen LogP contribution < -0.4 is 9.62 Å². The van der Waals surface area contributed by atoms with Crippen LogP contribution in [-0.4, -0.2) is 26.6 Å². The first kappa shape index (κ1) is 22.2. The van der Waals surface area contributed by atoms with Gasteiger partial charge in [0.15, 0.2) is 0 Å². The molecule has 0 heterocycles. The van der Waals surface area contributed by atoms with E-state index in [-0.39, 0.29) is 11.9 Å². The Morgan fingerprint density at radius 1 is 1.04 bits per heavy atom. The van der Waals surface area contributed by atoms with Gasteiger partial charge in [-0.25, -0.2) is 8.42 Å². The third kappa shape index (κ3) is 5.49. The largest absolute Gasteiger partial charge is 0.347 e. The summed E-state index contributed by atoms with van der Waals surface area (Å²) in [6.07, 6.45) is 2.14. The summed E-state index contributed by atoms with van der Waals surface area (Å²) in [7, 11) is -3.67. The van der Waals surface area contributed by atoms with E-state index in [2.05, 4.69) is 5.32 Å². The van der Waals surface area contributed by atoms with Crippen LogP contribution in [0.25, 0.3) is 0 Å². The number of sulfonamides is 1. The molecule has 0 bridgehead atoms. The van der Waals surface area contributed by atoms with Gasteiger partial charge in [-0.1, -0.05) is 55.3 Å². The fourth-order valence-electron chi connectivity index (χ4n) is 3.14. The highest BCUT2D eigenvalue weighted by molar-refractivity contribution is 7.92. The van der Waals surface area contributed by atoms with Crippen LogP contribution in [0.1, 0.15) is 43.9 Å². The van der Waals surface area contributed by atoms with Crippen molar-refractivity contribution in [2.24, 2.45) is 0 Å². The molecule has 2 rings (SSSR count). The first-order chi connectivity index (χ1) is 13.2. The van der Waals surface area contributed by atoms with Crippen LogP contribution in [0, 0.1) is 6.92 Å². The molecular formula is C21H27ClN2O3S. The van der Waals surface area contributed by atoms with Crippen LogP contribution in [0.4, 0.5) is 5.69 Å². The molecule has 0 aliphatic heterocycles. The van der Waals surface area contributed by atoms with Crippen molar-refractivity contribution in [1.82, 2.24) is 5.32 Å². The Morgan fingerprint density at radius 3 is 2.07 bits per heavy atom. The third-order valence-corrected chi connectivity index (χ3v) is 6.05. The summed E-state index contributed by atoms with van der Waals surface area (Å²) in [5.41, 5.74) is 2.55. The molecule has 2 aromatic carbocycles. The van der Waals surface area contributed by atoms with Crippen molar-refractivity contribution >= 4 is 33.2 Å². The number of nitrogens with one attached hydrogen (secondary N) is 1. The number of carbonyl (C=O) groups excluding carboxylic acids is 1. The molecule has 0 radical (unpaired) electrons. The molecule has 28 heavy (non-hydrogen) atoms. The van der Waals surface area contributed by atoms with E-state index in [0.29, 0.717) is 23.6 Å². The average molecular weight is 423 g/mol. The van der Waals surface area contributed by atoms with Gasteiger partial charge in [-0.15, -0.1) is 0 Å². The highest BCUT2D eigenvalue weighted by Gasteiger charge is 2.32. The predicted molar refractivity (Wildman–Crippen MR) is 115 cm³/mol. The van der Waals surface area contributed by atoms with E-state index < -0.39 is 16.1 Å². The van der Waals surface area contributed by atoms with Gasteiger partial charge in [-0.3, -0.25) is 9.10 Å². The van der Waals surface area contributed by atoms with Crippen molar-refractivity contribution in [3.05, 3.63) is 64.7 Å². The molecule has 2 atom stereocenters. The topological polar surface area (TPSA) is 66.5 Å². The smallest absolute Gasteiger partial charge is 0.244 e. The number of anilines is 1. The standard InChI is InChI=1S/C21H27ClN2O3S/c1-5-19(16-9-7-15(3)8-10-16)23-21(25)20(6-2)24(28(4,26)27)18-13-11-17(22)12-14-18/h7-14,19-20H,5-6H2,1-4H3,(H,23,25)/t19-,20-/m0/s1. The average Bonchev–Trinajstić information content (AvgIpc) is 2.64. The van der Waals surface area contributed by atoms with Gasteiger partial charge in [-0.2, -0.15) is 0 Å². The van der Waals surface area contributed by atoms with Crippen LogP contribution in [0.2, 0.25) is 5.02 Å². The molecule has 152 valence electrons. The predicted octanol–water partition coefficient (Wildman–Crippen LogP) is 4.46. The van der Waals surface area contributed by atoms with Gasteiger partial charge >= 0.3 is 0 Å². The van der Waals surface area contributed by atoms with Crippen molar-refractivity contribution in [2.45, 2.75) is 45.7 Å². The SMILES string of the molecule is CC[C@H](NC(=O)[C@H](CC)N(c1ccc(Cl)cc1)S(C)(=O)=O)c1ccc(C)cc1. The molecule has 7 heteroatoms. The maximum Gasteiger partial charge on any atom is 0.244 e. The Hall–Kier alpha value is -2.05. The van der Waals surface area contributed by atoms with E-state index >= 15 is 0 Å². The Balaban J connectivity index is 2.32. The van der Waals surface area contributed by atoms with Gasteiger partial charge in [0.2, 0.25) is 15.9 Å². The van der Waals surface area contributed by atoms with E-state index in [9.17, 15) is 13.2 Å². The van der Waals surface area contributed by atoms with Crippen molar-refractivity contribution in [2.75, 3.05) is 10.6 Å². The van der Waals surface area contributed by atoms with Crippen LogP contribution in [0.5, 0.6) is 0 Å². The lowest BCUT2D eigenvalue weighted by Gasteiger charge is -2.31. The van der Waals surface area contributed by atoms with E-state index in [1.165, 1.54) is 4.31 Å². The number of hydrogen-bond donors (Lipinski definition) is 1. The number of benzene rings is 2. The van der Waals surface area contributed by atoms with E-state index in [4.69, 9.17) is 11.6 Å². The van der Waals surface area contributed by atoms with Gasteiger partial charge in [0, 0.05) is 5.02 Å². The molecule has 0 saturated heterocycles. The van der Waals surface area contributed by atoms with Gasteiger partial charge < -0.3 is 5.32 Å². The highest BCUT2D eigenvalue weighted by atomic mass is 35.5. The highest BCUT2D eigenvalue weighted by Crippen LogP contribution is 2.25. The maximum atomic E-state index is 13.1. The normalized spacial score (nSPS) is 13.6. The molecule has 5 nitrogen and oxygen atoms in total. The zero-order valence-corrected chi connectivity index (χ0v) is 18.2. The summed E-state index contributed by atoms with van der Waals surface area (Å²) in [6.45, 7) is 5.79. The number of hydrogen-bond acceptors (Lipinski definition) is 3. The minimum Gasteiger partial charge on any atom is -0.347 e. The number of rotatable bonds is 8. The number of halogens is 1. The number of nitrogens with zero attached hydrogens (tertiary/aromatic N) is 1. The second kappa shape index (κ2) is 9.43. The Morgan fingerprint density at radius 2 is 1.61 bits per heavy atom. The van der Waals surface area contributed by atoms with Crippen molar-refractivity contribution < 1.29 is 13.2 Å². The fraction of sp³-hybridized carbons (Fsp3) is 0.381. The molecule has 0 aliphatic rings. The molecule has 1 amide bonds. The van der Waals surface area contributed by atoms with Gasteiger partial charge in [-0.05, 0) is 49.6 Å². The van der Waals surface area contributed by atoms with Gasteiger partial charge in [0.1, 0.15) is 6.04 Å². The second-order valence-electron chi connectivity index (χ2n) is 6.84. The fourth-order valence-corrected chi connectivity index (χ4v) is 4.47. The summed E-state index contributed by atoms with van der Waals surface area (Å²) < 4.78 is 26.2. The molecule has 0 aliphatic carbocycles. The van der Waals surface area contributed by atoms with Crippen LogP contribution in [0.15, 0.2) is 48.5 Å². The zero-order chi connectivity index (χ0) is 20.9. The first-order valence-corrected chi connectivity index (χ1v) is 11.5. The molecule has 0 aromatic heterocycles. The summed E-state index contributed by atoms with van der Waals surface area (Å²) >= 11 is 5.93. The second-order valence-corrected chi connectivity index (χ2v) is 9.14. The van der Waals surface area contributed by atoms with Crippen molar-refractivity contribution in [3.8, 4) is 0 Å². The Kier molecular flexibility index (Phi) is 7.49. The minimum atomic E-state index is -3.67. The van der Waals surface area contributed by atoms with Crippen LogP contribution in [-0.2, 0) is 14.8 Å².